The second-order valence-electron chi connectivity index (χ2n) is 4.83. The minimum absolute atomic E-state index is 0.0403. The number of amides is 1. The zero-order valence-electron chi connectivity index (χ0n) is 10.9. The van der Waals surface area contributed by atoms with E-state index in [0.717, 1.165) is 6.42 Å². The molecular formula is C14H16ClNO4. The Morgan fingerprint density at radius 1 is 1.35 bits per heavy atom. The molecule has 6 heteroatoms. The average Bonchev–Trinajstić information content (AvgIpc) is 2.85. The molecule has 1 fully saturated rings. The summed E-state index contributed by atoms with van der Waals surface area (Å²) in [5, 5.41) is 9.35. The van der Waals surface area contributed by atoms with E-state index in [1.165, 1.54) is 0 Å². The van der Waals surface area contributed by atoms with Crippen molar-refractivity contribution in [1.29, 1.82) is 0 Å². The fourth-order valence-corrected chi connectivity index (χ4v) is 2.37. The predicted octanol–water partition coefficient (Wildman–Crippen LogP) is 2.04. The predicted molar refractivity (Wildman–Crippen MR) is 73.9 cm³/mol. The molecule has 0 radical (unpaired) electrons. The molecule has 1 aromatic rings. The highest BCUT2D eigenvalue weighted by Crippen LogP contribution is 2.20. The van der Waals surface area contributed by atoms with Gasteiger partial charge in [-0.05, 0) is 36.6 Å². The van der Waals surface area contributed by atoms with E-state index in [0.29, 0.717) is 23.9 Å². The van der Waals surface area contributed by atoms with E-state index in [4.69, 9.17) is 21.4 Å². The Labute approximate surface area is 122 Å². The van der Waals surface area contributed by atoms with Crippen molar-refractivity contribution in [2.45, 2.75) is 12.8 Å². The summed E-state index contributed by atoms with van der Waals surface area (Å²) in [6.45, 7) is 1.05. The van der Waals surface area contributed by atoms with Crippen LogP contribution in [0, 0.1) is 5.92 Å². The molecule has 1 heterocycles. The van der Waals surface area contributed by atoms with Crippen LogP contribution in [-0.4, -0.2) is 41.6 Å². The molecule has 1 saturated heterocycles. The smallest absolute Gasteiger partial charge is 0.303 e. The van der Waals surface area contributed by atoms with Crippen molar-refractivity contribution in [2.24, 2.45) is 5.92 Å². The lowest BCUT2D eigenvalue weighted by Gasteiger charge is -2.16. The third kappa shape index (κ3) is 4.13. The van der Waals surface area contributed by atoms with E-state index in [-0.39, 0.29) is 24.9 Å². The van der Waals surface area contributed by atoms with Crippen LogP contribution in [-0.2, 0) is 9.59 Å². The molecular weight excluding hydrogens is 282 g/mol. The Balaban J connectivity index is 1.78. The summed E-state index contributed by atoms with van der Waals surface area (Å²) in [6.07, 6.45) is 0.848. The molecule has 1 N–H and O–H groups in total. The Morgan fingerprint density at radius 3 is 2.70 bits per heavy atom. The molecule has 1 amide bonds. The monoisotopic (exact) mass is 297 g/mol. The van der Waals surface area contributed by atoms with E-state index in [1.54, 1.807) is 29.2 Å². The third-order valence-corrected chi connectivity index (χ3v) is 3.53. The molecule has 108 valence electrons. The molecule has 0 saturated carbocycles. The molecule has 1 aliphatic rings. The number of halogens is 1. The molecule has 1 aliphatic heterocycles. The van der Waals surface area contributed by atoms with Gasteiger partial charge in [-0.15, -0.1) is 0 Å². The molecule has 0 aliphatic carbocycles. The number of carboxylic acids is 1. The fraction of sp³-hybridized carbons (Fsp3) is 0.429. The minimum atomic E-state index is -0.818. The maximum absolute atomic E-state index is 11.9. The molecule has 5 nitrogen and oxygen atoms in total. The number of rotatable bonds is 5. The Morgan fingerprint density at radius 2 is 2.05 bits per heavy atom. The highest BCUT2D eigenvalue weighted by molar-refractivity contribution is 6.30. The lowest BCUT2D eigenvalue weighted by Crippen LogP contribution is -2.33. The van der Waals surface area contributed by atoms with E-state index >= 15 is 0 Å². The van der Waals surface area contributed by atoms with Crippen LogP contribution in [0.1, 0.15) is 12.8 Å². The van der Waals surface area contributed by atoms with Crippen molar-refractivity contribution in [3.63, 3.8) is 0 Å². The SMILES string of the molecule is O=C(O)CC1CCN(C(=O)COc2ccc(Cl)cc2)C1. The summed E-state index contributed by atoms with van der Waals surface area (Å²) < 4.78 is 5.39. The molecule has 1 unspecified atom stereocenters. The van der Waals surface area contributed by atoms with Crippen molar-refractivity contribution in [3.8, 4) is 5.75 Å². The number of nitrogens with zero attached hydrogens (tertiary/aromatic N) is 1. The van der Waals surface area contributed by atoms with Crippen LogP contribution in [0.15, 0.2) is 24.3 Å². The summed E-state index contributed by atoms with van der Waals surface area (Å²) in [4.78, 5) is 24.2. The van der Waals surface area contributed by atoms with Crippen LogP contribution in [0.25, 0.3) is 0 Å². The topological polar surface area (TPSA) is 66.8 Å². The quantitative estimate of drug-likeness (QED) is 0.903. The van der Waals surface area contributed by atoms with E-state index in [2.05, 4.69) is 0 Å². The first kappa shape index (κ1) is 14.7. The number of ether oxygens (including phenoxy) is 1. The minimum Gasteiger partial charge on any atom is -0.484 e. The van der Waals surface area contributed by atoms with Gasteiger partial charge in [0.2, 0.25) is 0 Å². The van der Waals surface area contributed by atoms with Crippen LogP contribution in [0.2, 0.25) is 5.02 Å². The van der Waals surface area contributed by atoms with Crippen LogP contribution in [0.4, 0.5) is 0 Å². The third-order valence-electron chi connectivity index (χ3n) is 3.28. The first-order valence-electron chi connectivity index (χ1n) is 6.42. The summed E-state index contributed by atoms with van der Waals surface area (Å²) in [6, 6.07) is 6.79. The zero-order chi connectivity index (χ0) is 14.5. The van der Waals surface area contributed by atoms with Gasteiger partial charge >= 0.3 is 5.97 Å². The maximum atomic E-state index is 11.9. The van der Waals surface area contributed by atoms with Gasteiger partial charge in [-0.3, -0.25) is 9.59 Å². The second-order valence-corrected chi connectivity index (χ2v) is 5.27. The van der Waals surface area contributed by atoms with Crippen molar-refractivity contribution in [2.75, 3.05) is 19.7 Å². The van der Waals surface area contributed by atoms with Crippen molar-refractivity contribution >= 4 is 23.5 Å². The molecule has 1 aromatic carbocycles. The molecule has 0 aromatic heterocycles. The Bertz CT molecular complexity index is 488. The largest absolute Gasteiger partial charge is 0.484 e. The summed E-state index contributed by atoms with van der Waals surface area (Å²) in [5.74, 6) is -0.300. The van der Waals surface area contributed by atoms with Crippen molar-refractivity contribution < 1.29 is 19.4 Å². The number of carbonyl (C=O) groups is 2. The molecule has 1 atom stereocenters. The standard InChI is InChI=1S/C14H16ClNO4/c15-11-1-3-12(4-2-11)20-9-13(17)16-6-5-10(8-16)7-14(18)19/h1-4,10H,5-9H2,(H,18,19). The van der Waals surface area contributed by atoms with Gasteiger partial charge in [0.05, 0.1) is 0 Å². The first-order valence-corrected chi connectivity index (χ1v) is 6.80. The van der Waals surface area contributed by atoms with Gasteiger partial charge in [0.1, 0.15) is 5.75 Å². The number of hydrogen-bond acceptors (Lipinski definition) is 3. The summed E-state index contributed by atoms with van der Waals surface area (Å²) >= 11 is 5.76. The first-order chi connectivity index (χ1) is 9.54. The lowest BCUT2D eigenvalue weighted by molar-refractivity contribution is -0.138. The molecule has 20 heavy (non-hydrogen) atoms. The van der Waals surface area contributed by atoms with Crippen molar-refractivity contribution in [3.05, 3.63) is 29.3 Å². The number of benzene rings is 1. The number of carboxylic acid groups (broad SMARTS) is 1. The number of carbonyl (C=O) groups excluding carboxylic acids is 1. The Hall–Kier alpha value is -1.75. The lowest BCUT2D eigenvalue weighted by atomic mass is 10.1. The van der Waals surface area contributed by atoms with Gasteiger partial charge in [0.15, 0.2) is 6.61 Å². The van der Waals surface area contributed by atoms with E-state index in [9.17, 15) is 9.59 Å². The van der Waals surface area contributed by atoms with Crippen LogP contribution < -0.4 is 4.74 Å². The van der Waals surface area contributed by atoms with Crippen LogP contribution in [0.5, 0.6) is 5.75 Å². The van der Waals surface area contributed by atoms with Gasteiger partial charge in [-0.25, -0.2) is 0 Å². The zero-order valence-corrected chi connectivity index (χ0v) is 11.7. The maximum Gasteiger partial charge on any atom is 0.303 e. The van der Waals surface area contributed by atoms with Crippen molar-refractivity contribution in [1.82, 2.24) is 4.90 Å². The number of likely N-dealkylation sites (tertiary alicyclic amines) is 1. The highest BCUT2D eigenvalue weighted by atomic mass is 35.5. The molecule has 2 rings (SSSR count). The van der Waals surface area contributed by atoms with Gasteiger partial charge in [-0.2, -0.15) is 0 Å². The van der Waals surface area contributed by atoms with Gasteiger partial charge in [0.25, 0.3) is 5.91 Å². The molecule has 0 spiro atoms. The van der Waals surface area contributed by atoms with Gasteiger partial charge in [-0.1, -0.05) is 11.6 Å². The fourth-order valence-electron chi connectivity index (χ4n) is 2.24. The van der Waals surface area contributed by atoms with Crippen LogP contribution in [0.3, 0.4) is 0 Å². The Kier molecular flexibility index (Phi) is 4.84. The highest BCUT2D eigenvalue weighted by Gasteiger charge is 2.27. The van der Waals surface area contributed by atoms with E-state index in [1.807, 2.05) is 0 Å². The number of hydrogen-bond donors (Lipinski definition) is 1. The molecule has 0 bridgehead atoms. The average molecular weight is 298 g/mol. The summed E-state index contributed by atoms with van der Waals surface area (Å²) in [7, 11) is 0. The van der Waals surface area contributed by atoms with Gasteiger partial charge in [0, 0.05) is 24.5 Å². The van der Waals surface area contributed by atoms with E-state index < -0.39 is 5.97 Å². The second kappa shape index (κ2) is 6.61. The van der Waals surface area contributed by atoms with Gasteiger partial charge < -0.3 is 14.7 Å². The number of aliphatic carboxylic acids is 1. The normalized spacial score (nSPS) is 18.1. The summed E-state index contributed by atoms with van der Waals surface area (Å²) in [5.41, 5.74) is 0. The van der Waals surface area contributed by atoms with Crippen LogP contribution >= 0.6 is 11.6 Å².